The molecule has 6 heteroatoms. The van der Waals surface area contributed by atoms with Crippen molar-refractivity contribution in [2.75, 3.05) is 53.4 Å². The highest BCUT2D eigenvalue weighted by Crippen LogP contribution is 2.18. The quantitative estimate of drug-likeness (QED) is 0.514. The number of rotatable bonds is 3. The molecule has 0 saturated carbocycles. The summed E-state index contributed by atoms with van der Waals surface area (Å²) in [6.07, 6.45) is 0.936. The largest absolute Gasteiger partial charge is 0.467 e. The lowest BCUT2D eigenvalue weighted by Gasteiger charge is -2.30. The fourth-order valence-electron chi connectivity index (χ4n) is 2.63. The molecule has 116 valence electrons. The standard InChI is InChI=1S/C15H23N3O3/c1-16-9-11-17(12-10-16)7-3-4-8-18-13(15(20)21-2)5-6-14(18)19/h13H,5-12H2,1-2H3. The number of carbonyl (C=O) groups excluding carboxylic acids is 2. The van der Waals surface area contributed by atoms with Gasteiger partial charge in [-0.1, -0.05) is 11.8 Å². The van der Waals surface area contributed by atoms with E-state index < -0.39 is 6.04 Å². The van der Waals surface area contributed by atoms with Crippen molar-refractivity contribution < 1.29 is 14.3 Å². The number of nitrogens with zero attached hydrogens (tertiary/aromatic N) is 3. The zero-order valence-electron chi connectivity index (χ0n) is 12.8. The van der Waals surface area contributed by atoms with E-state index in [0.717, 1.165) is 32.7 Å². The predicted octanol–water partition coefficient (Wildman–Crippen LogP) is -0.599. The minimum absolute atomic E-state index is 0.0145. The van der Waals surface area contributed by atoms with Gasteiger partial charge in [-0.05, 0) is 13.5 Å². The van der Waals surface area contributed by atoms with Gasteiger partial charge in [-0.3, -0.25) is 9.69 Å². The van der Waals surface area contributed by atoms with E-state index in [2.05, 4.69) is 28.7 Å². The molecule has 2 fully saturated rings. The van der Waals surface area contributed by atoms with Crippen molar-refractivity contribution in [3.05, 3.63) is 0 Å². The minimum atomic E-state index is -0.458. The third-order valence-electron chi connectivity index (χ3n) is 4.07. The molecule has 0 aromatic heterocycles. The predicted molar refractivity (Wildman–Crippen MR) is 78.5 cm³/mol. The van der Waals surface area contributed by atoms with Crippen molar-refractivity contribution in [1.29, 1.82) is 0 Å². The Morgan fingerprint density at radius 1 is 1.24 bits per heavy atom. The summed E-state index contributed by atoms with van der Waals surface area (Å²) in [7, 11) is 3.47. The number of hydrogen-bond acceptors (Lipinski definition) is 5. The highest BCUT2D eigenvalue weighted by Gasteiger charge is 2.36. The fourth-order valence-corrected chi connectivity index (χ4v) is 2.63. The fraction of sp³-hybridized carbons (Fsp3) is 0.733. The third-order valence-corrected chi connectivity index (χ3v) is 4.07. The van der Waals surface area contributed by atoms with Gasteiger partial charge in [-0.25, -0.2) is 4.79 Å². The van der Waals surface area contributed by atoms with E-state index in [0.29, 0.717) is 19.4 Å². The van der Waals surface area contributed by atoms with Crippen LogP contribution in [0, 0.1) is 11.8 Å². The van der Waals surface area contributed by atoms with Crippen molar-refractivity contribution in [3.63, 3.8) is 0 Å². The number of likely N-dealkylation sites (tertiary alicyclic amines) is 1. The normalized spacial score (nSPS) is 23.8. The lowest BCUT2D eigenvalue weighted by molar-refractivity contribution is -0.148. The van der Waals surface area contributed by atoms with Gasteiger partial charge in [0.05, 0.1) is 20.2 Å². The second kappa shape index (κ2) is 7.43. The number of carbonyl (C=O) groups is 2. The maximum absolute atomic E-state index is 11.8. The van der Waals surface area contributed by atoms with Gasteiger partial charge >= 0.3 is 5.97 Å². The molecule has 0 spiro atoms. The molecule has 2 heterocycles. The summed E-state index contributed by atoms with van der Waals surface area (Å²) in [6, 6.07) is -0.458. The van der Waals surface area contributed by atoms with Crippen molar-refractivity contribution in [1.82, 2.24) is 14.7 Å². The Bertz CT molecular complexity index is 447. The number of hydrogen-bond donors (Lipinski definition) is 0. The summed E-state index contributed by atoms with van der Waals surface area (Å²) in [5.74, 6) is 5.76. The Kier molecular flexibility index (Phi) is 5.59. The number of likely N-dealkylation sites (N-methyl/N-ethyl adjacent to an activating group) is 1. The summed E-state index contributed by atoms with van der Waals surface area (Å²) in [5.41, 5.74) is 0. The Hall–Kier alpha value is -1.58. The maximum Gasteiger partial charge on any atom is 0.328 e. The van der Waals surface area contributed by atoms with Crippen LogP contribution < -0.4 is 0 Å². The van der Waals surface area contributed by atoms with Gasteiger partial charge in [0.25, 0.3) is 0 Å². The summed E-state index contributed by atoms with van der Waals surface area (Å²) in [5, 5.41) is 0. The van der Waals surface area contributed by atoms with Crippen LogP contribution in [0.1, 0.15) is 12.8 Å². The highest BCUT2D eigenvalue weighted by molar-refractivity contribution is 5.88. The summed E-state index contributed by atoms with van der Waals surface area (Å²) < 4.78 is 4.73. The Morgan fingerprint density at radius 2 is 1.90 bits per heavy atom. The molecule has 1 atom stereocenters. The average molecular weight is 293 g/mol. The van der Waals surface area contributed by atoms with Gasteiger partial charge in [-0.15, -0.1) is 0 Å². The van der Waals surface area contributed by atoms with Crippen LogP contribution in [0.15, 0.2) is 0 Å². The molecule has 0 aromatic carbocycles. The zero-order valence-corrected chi connectivity index (χ0v) is 12.8. The molecule has 1 unspecified atom stereocenters. The van der Waals surface area contributed by atoms with Gasteiger partial charge in [0.15, 0.2) is 0 Å². The molecule has 2 aliphatic heterocycles. The molecule has 6 nitrogen and oxygen atoms in total. The SMILES string of the molecule is COC(=O)C1CCC(=O)N1CC#CCN1CCN(C)CC1. The lowest BCUT2D eigenvalue weighted by Crippen LogP contribution is -2.44. The van der Waals surface area contributed by atoms with Crippen LogP contribution in [0.2, 0.25) is 0 Å². The van der Waals surface area contributed by atoms with Crippen LogP contribution in [0.25, 0.3) is 0 Å². The van der Waals surface area contributed by atoms with E-state index >= 15 is 0 Å². The number of esters is 1. The first-order valence-corrected chi connectivity index (χ1v) is 7.35. The van der Waals surface area contributed by atoms with E-state index in [9.17, 15) is 9.59 Å². The monoisotopic (exact) mass is 293 g/mol. The first kappa shape index (κ1) is 15.8. The van der Waals surface area contributed by atoms with Crippen LogP contribution in [-0.2, 0) is 14.3 Å². The van der Waals surface area contributed by atoms with Crippen molar-refractivity contribution in [3.8, 4) is 11.8 Å². The maximum atomic E-state index is 11.8. The molecule has 0 N–H and O–H groups in total. The van der Waals surface area contributed by atoms with Crippen molar-refractivity contribution in [2.45, 2.75) is 18.9 Å². The van der Waals surface area contributed by atoms with Crippen LogP contribution in [-0.4, -0.2) is 86.0 Å². The first-order valence-electron chi connectivity index (χ1n) is 7.35. The first-order chi connectivity index (χ1) is 10.1. The Labute approximate surface area is 126 Å². The van der Waals surface area contributed by atoms with Crippen molar-refractivity contribution in [2.24, 2.45) is 0 Å². The number of ether oxygens (including phenoxy) is 1. The summed E-state index contributed by atoms with van der Waals surface area (Å²) in [4.78, 5) is 29.5. The van der Waals surface area contributed by atoms with Gasteiger partial charge in [0.2, 0.25) is 5.91 Å². The third kappa shape index (κ3) is 4.19. The van der Waals surface area contributed by atoms with E-state index in [1.54, 1.807) is 0 Å². The molecule has 0 bridgehead atoms. The highest BCUT2D eigenvalue weighted by atomic mass is 16.5. The van der Waals surface area contributed by atoms with Crippen LogP contribution in [0.4, 0.5) is 0 Å². The molecule has 0 aromatic rings. The minimum Gasteiger partial charge on any atom is -0.467 e. The van der Waals surface area contributed by atoms with Gasteiger partial charge in [0, 0.05) is 32.6 Å². The Balaban J connectivity index is 1.80. The lowest BCUT2D eigenvalue weighted by atomic mass is 10.2. The average Bonchev–Trinajstić information content (AvgIpc) is 2.86. The zero-order chi connectivity index (χ0) is 15.2. The second-order valence-corrected chi connectivity index (χ2v) is 5.53. The molecular formula is C15H23N3O3. The van der Waals surface area contributed by atoms with Crippen LogP contribution in [0.5, 0.6) is 0 Å². The smallest absolute Gasteiger partial charge is 0.328 e. The van der Waals surface area contributed by atoms with Crippen molar-refractivity contribution >= 4 is 11.9 Å². The van der Waals surface area contributed by atoms with E-state index in [1.807, 2.05) is 0 Å². The van der Waals surface area contributed by atoms with E-state index in [4.69, 9.17) is 4.74 Å². The van der Waals surface area contributed by atoms with Crippen LogP contribution >= 0.6 is 0 Å². The molecule has 2 saturated heterocycles. The summed E-state index contributed by atoms with van der Waals surface area (Å²) in [6.45, 7) is 5.22. The number of piperazine rings is 1. The molecule has 2 rings (SSSR count). The van der Waals surface area contributed by atoms with Gasteiger partial charge < -0.3 is 14.5 Å². The van der Waals surface area contributed by atoms with Crippen LogP contribution in [0.3, 0.4) is 0 Å². The van der Waals surface area contributed by atoms with E-state index in [-0.39, 0.29) is 11.9 Å². The molecule has 21 heavy (non-hydrogen) atoms. The molecule has 1 amide bonds. The van der Waals surface area contributed by atoms with E-state index in [1.165, 1.54) is 12.0 Å². The number of methoxy groups -OCH3 is 1. The van der Waals surface area contributed by atoms with Gasteiger partial charge in [0.1, 0.15) is 6.04 Å². The molecule has 0 aliphatic carbocycles. The topological polar surface area (TPSA) is 53.1 Å². The Morgan fingerprint density at radius 3 is 2.57 bits per heavy atom. The number of amides is 1. The summed E-state index contributed by atoms with van der Waals surface area (Å²) >= 11 is 0. The second-order valence-electron chi connectivity index (χ2n) is 5.53. The molecular weight excluding hydrogens is 270 g/mol. The molecule has 2 aliphatic rings. The molecule has 0 radical (unpaired) electrons. The van der Waals surface area contributed by atoms with Gasteiger partial charge in [-0.2, -0.15) is 0 Å².